The number of hydrogen-bond acceptors (Lipinski definition) is 3. The van der Waals surface area contributed by atoms with E-state index < -0.39 is 0 Å². The van der Waals surface area contributed by atoms with E-state index in [1.807, 2.05) is 0 Å². The van der Waals surface area contributed by atoms with Gasteiger partial charge in [-0.1, -0.05) is 37.3 Å². The minimum Gasteiger partial charge on any atom is -0.363 e. The van der Waals surface area contributed by atoms with E-state index in [4.69, 9.17) is 0 Å². The third kappa shape index (κ3) is 3.36. The minimum atomic E-state index is 0.0412. The van der Waals surface area contributed by atoms with Crippen molar-refractivity contribution in [3.63, 3.8) is 0 Å². The van der Waals surface area contributed by atoms with Gasteiger partial charge in [-0.3, -0.25) is 4.79 Å². The van der Waals surface area contributed by atoms with Crippen molar-refractivity contribution in [2.45, 2.75) is 44.9 Å². The summed E-state index contributed by atoms with van der Waals surface area (Å²) in [5.41, 5.74) is 0. The zero-order valence-corrected chi connectivity index (χ0v) is 9.45. The lowest BCUT2D eigenvalue weighted by Crippen LogP contribution is -2.14. The molecule has 88 valence electrons. The number of aromatic nitrogens is 1. The summed E-state index contributed by atoms with van der Waals surface area (Å²) in [4.78, 5) is 11.6. The lowest BCUT2D eigenvalue weighted by molar-refractivity contribution is -0.116. The van der Waals surface area contributed by atoms with Gasteiger partial charge in [0.2, 0.25) is 5.91 Å². The zero-order valence-electron chi connectivity index (χ0n) is 9.45. The Morgan fingerprint density at radius 3 is 2.94 bits per heavy atom. The zero-order chi connectivity index (χ0) is 11.2. The molecular formula is C12H18N2O2. The molecule has 0 aliphatic heterocycles. The van der Waals surface area contributed by atoms with Crippen LogP contribution >= 0.6 is 0 Å². The number of rotatable bonds is 4. The first kappa shape index (κ1) is 11.2. The number of nitrogens with one attached hydrogen (secondary N) is 1. The normalized spacial score (nSPS) is 17.2. The fraction of sp³-hybridized carbons (Fsp3) is 0.667. The van der Waals surface area contributed by atoms with E-state index in [-0.39, 0.29) is 5.91 Å². The summed E-state index contributed by atoms with van der Waals surface area (Å²) in [6.45, 7) is 0. The highest BCUT2D eigenvalue weighted by molar-refractivity contribution is 5.89. The van der Waals surface area contributed by atoms with Gasteiger partial charge in [0.25, 0.3) is 0 Å². The summed E-state index contributed by atoms with van der Waals surface area (Å²) in [6.07, 6.45) is 9.65. The number of amides is 1. The lowest BCUT2D eigenvalue weighted by Gasteiger charge is -2.20. The molecule has 4 heteroatoms. The van der Waals surface area contributed by atoms with Gasteiger partial charge >= 0.3 is 0 Å². The maximum absolute atomic E-state index is 11.6. The number of carbonyl (C=O) groups excluding carboxylic acids is 1. The predicted molar refractivity (Wildman–Crippen MR) is 60.9 cm³/mol. The van der Waals surface area contributed by atoms with Crippen LogP contribution in [0.3, 0.4) is 0 Å². The minimum absolute atomic E-state index is 0.0412. The number of carbonyl (C=O) groups is 1. The van der Waals surface area contributed by atoms with Crippen LogP contribution in [0.5, 0.6) is 0 Å². The van der Waals surface area contributed by atoms with Gasteiger partial charge < -0.3 is 9.84 Å². The fourth-order valence-electron chi connectivity index (χ4n) is 2.29. The van der Waals surface area contributed by atoms with Crippen molar-refractivity contribution in [1.29, 1.82) is 0 Å². The molecule has 0 unspecified atom stereocenters. The molecule has 0 bridgehead atoms. The average Bonchev–Trinajstić information content (AvgIpc) is 2.81. The molecule has 1 N–H and O–H groups in total. The molecule has 1 aromatic heterocycles. The van der Waals surface area contributed by atoms with Crippen LogP contribution in [-0.2, 0) is 4.79 Å². The Kier molecular flexibility index (Phi) is 3.97. The Balaban J connectivity index is 1.67. The predicted octanol–water partition coefficient (Wildman–Crippen LogP) is 2.97. The van der Waals surface area contributed by atoms with Crippen LogP contribution in [0.15, 0.2) is 16.9 Å². The van der Waals surface area contributed by atoms with Crippen LogP contribution in [0.2, 0.25) is 0 Å². The van der Waals surface area contributed by atoms with Gasteiger partial charge in [-0.05, 0) is 12.3 Å². The van der Waals surface area contributed by atoms with Crippen molar-refractivity contribution in [2.75, 3.05) is 5.32 Å². The third-order valence-electron chi connectivity index (χ3n) is 3.21. The molecule has 1 fully saturated rings. The second kappa shape index (κ2) is 5.68. The van der Waals surface area contributed by atoms with Gasteiger partial charge in [0.15, 0.2) is 5.82 Å². The van der Waals surface area contributed by atoms with Crippen LogP contribution in [0.1, 0.15) is 44.9 Å². The maximum Gasteiger partial charge on any atom is 0.225 e. The molecule has 1 aromatic rings. The van der Waals surface area contributed by atoms with Gasteiger partial charge in [0.1, 0.15) is 6.26 Å². The number of hydrogen-bond donors (Lipinski definition) is 1. The molecule has 1 aliphatic rings. The van der Waals surface area contributed by atoms with Crippen molar-refractivity contribution in [3.05, 3.63) is 12.3 Å². The molecule has 0 atom stereocenters. The Labute approximate surface area is 95.4 Å². The van der Waals surface area contributed by atoms with E-state index >= 15 is 0 Å². The second-order valence-corrected chi connectivity index (χ2v) is 4.48. The third-order valence-corrected chi connectivity index (χ3v) is 3.21. The molecule has 2 rings (SSSR count). The fourth-order valence-corrected chi connectivity index (χ4v) is 2.29. The van der Waals surface area contributed by atoms with E-state index in [1.54, 1.807) is 6.07 Å². The van der Waals surface area contributed by atoms with Crippen molar-refractivity contribution >= 4 is 11.7 Å². The average molecular weight is 222 g/mol. The summed E-state index contributed by atoms with van der Waals surface area (Å²) in [5.74, 6) is 1.30. The van der Waals surface area contributed by atoms with Crippen LogP contribution in [0.25, 0.3) is 0 Å². The summed E-state index contributed by atoms with van der Waals surface area (Å²) in [6, 6.07) is 1.65. The Morgan fingerprint density at radius 1 is 1.44 bits per heavy atom. The van der Waals surface area contributed by atoms with E-state index in [9.17, 15) is 4.79 Å². The van der Waals surface area contributed by atoms with Gasteiger partial charge in [-0.15, -0.1) is 0 Å². The van der Waals surface area contributed by atoms with Crippen molar-refractivity contribution in [1.82, 2.24) is 5.16 Å². The first-order valence-corrected chi connectivity index (χ1v) is 6.05. The first-order valence-electron chi connectivity index (χ1n) is 6.05. The second-order valence-electron chi connectivity index (χ2n) is 4.48. The van der Waals surface area contributed by atoms with Crippen molar-refractivity contribution < 1.29 is 9.32 Å². The number of nitrogens with zero attached hydrogens (tertiary/aromatic N) is 1. The van der Waals surface area contributed by atoms with Crippen molar-refractivity contribution in [3.8, 4) is 0 Å². The Bertz CT molecular complexity index is 316. The first-order chi connectivity index (χ1) is 7.84. The van der Waals surface area contributed by atoms with Gasteiger partial charge in [-0.2, -0.15) is 0 Å². The Morgan fingerprint density at radius 2 is 2.25 bits per heavy atom. The summed E-state index contributed by atoms with van der Waals surface area (Å²) in [7, 11) is 0. The quantitative estimate of drug-likeness (QED) is 0.852. The molecule has 0 radical (unpaired) electrons. The highest BCUT2D eigenvalue weighted by Crippen LogP contribution is 2.27. The van der Waals surface area contributed by atoms with Crippen LogP contribution < -0.4 is 5.32 Å². The standard InChI is InChI=1S/C12H18N2O2/c15-12(13-11-8-9-16-14-11)7-6-10-4-2-1-3-5-10/h8-10H,1-7H2,(H,13,14,15). The van der Waals surface area contributed by atoms with E-state index in [2.05, 4.69) is 15.0 Å². The van der Waals surface area contributed by atoms with Gasteiger partial charge in [0.05, 0.1) is 0 Å². The van der Waals surface area contributed by atoms with Crippen LogP contribution in [0.4, 0.5) is 5.82 Å². The molecule has 1 aliphatic carbocycles. The highest BCUT2D eigenvalue weighted by atomic mass is 16.5. The number of anilines is 1. The summed E-state index contributed by atoms with van der Waals surface area (Å²) in [5, 5.41) is 6.36. The molecular weight excluding hydrogens is 204 g/mol. The molecule has 0 saturated heterocycles. The van der Waals surface area contributed by atoms with E-state index in [0.717, 1.165) is 12.3 Å². The smallest absolute Gasteiger partial charge is 0.225 e. The molecule has 1 saturated carbocycles. The van der Waals surface area contributed by atoms with Crippen molar-refractivity contribution in [2.24, 2.45) is 5.92 Å². The largest absolute Gasteiger partial charge is 0.363 e. The van der Waals surface area contributed by atoms with E-state index in [1.165, 1.54) is 38.4 Å². The van der Waals surface area contributed by atoms with Gasteiger partial charge in [-0.25, -0.2) is 0 Å². The monoisotopic (exact) mass is 222 g/mol. The molecule has 0 aromatic carbocycles. The van der Waals surface area contributed by atoms with Crippen LogP contribution in [0, 0.1) is 5.92 Å². The van der Waals surface area contributed by atoms with Crippen LogP contribution in [-0.4, -0.2) is 11.1 Å². The highest BCUT2D eigenvalue weighted by Gasteiger charge is 2.15. The summed E-state index contributed by atoms with van der Waals surface area (Å²) >= 11 is 0. The maximum atomic E-state index is 11.6. The molecule has 4 nitrogen and oxygen atoms in total. The molecule has 16 heavy (non-hydrogen) atoms. The lowest BCUT2D eigenvalue weighted by atomic mass is 9.86. The SMILES string of the molecule is O=C(CCC1CCCCC1)Nc1ccon1. The van der Waals surface area contributed by atoms with E-state index in [0.29, 0.717) is 12.2 Å². The molecule has 0 spiro atoms. The van der Waals surface area contributed by atoms with Gasteiger partial charge in [0, 0.05) is 12.5 Å². The topological polar surface area (TPSA) is 55.1 Å². The summed E-state index contributed by atoms with van der Waals surface area (Å²) < 4.78 is 4.65. The molecule has 1 amide bonds. The Hall–Kier alpha value is -1.32. The molecule has 1 heterocycles.